The number of rotatable bonds is 4. The van der Waals surface area contributed by atoms with Gasteiger partial charge in [0.25, 0.3) is 0 Å². The zero-order chi connectivity index (χ0) is 8.10. The van der Waals surface area contributed by atoms with E-state index in [1.165, 1.54) is 19.5 Å². The van der Waals surface area contributed by atoms with Gasteiger partial charge in [0.05, 0.1) is 0 Å². The molecule has 0 amide bonds. The van der Waals surface area contributed by atoms with Crippen LogP contribution in [-0.2, 0) is 0 Å². The van der Waals surface area contributed by atoms with Crippen LogP contribution in [0.3, 0.4) is 0 Å². The largest absolute Gasteiger partial charge is 0.327 e. The molecule has 66 valence electrons. The Morgan fingerprint density at radius 3 is 3.09 bits per heavy atom. The van der Waals surface area contributed by atoms with Crippen molar-refractivity contribution < 1.29 is 0 Å². The zero-order valence-corrected chi connectivity index (χ0v) is 7.99. The first kappa shape index (κ1) is 9.36. The highest BCUT2D eigenvalue weighted by atomic mass is 32.2. The van der Waals surface area contributed by atoms with Crippen molar-refractivity contribution in [2.24, 2.45) is 5.73 Å². The van der Waals surface area contributed by atoms with Gasteiger partial charge in [-0.3, -0.25) is 0 Å². The molecule has 1 rings (SSSR count). The second kappa shape index (κ2) is 5.01. The monoisotopic (exact) mass is 174 g/mol. The van der Waals surface area contributed by atoms with Gasteiger partial charge in [0.2, 0.25) is 0 Å². The third-order valence-corrected chi connectivity index (χ3v) is 3.58. The normalized spacial score (nSPS) is 27.3. The molecule has 0 aliphatic carbocycles. The molecule has 0 radical (unpaired) electrons. The number of hydrogen-bond acceptors (Lipinski definition) is 3. The van der Waals surface area contributed by atoms with Crippen LogP contribution in [0.2, 0.25) is 0 Å². The summed E-state index contributed by atoms with van der Waals surface area (Å²) in [7, 11) is 0. The Labute approximate surface area is 73.3 Å². The molecule has 3 N–H and O–H groups in total. The Hall–Kier alpha value is 0.270. The highest BCUT2D eigenvalue weighted by Gasteiger charge is 2.15. The van der Waals surface area contributed by atoms with Crippen molar-refractivity contribution in [1.82, 2.24) is 5.32 Å². The van der Waals surface area contributed by atoms with Gasteiger partial charge in [-0.15, -0.1) is 0 Å². The van der Waals surface area contributed by atoms with Crippen molar-refractivity contribution in [2.45, 2.75) is 31.1 Å². The van der Waals surface area contributed by atoms with Crippen molar-refractivity contribution in [3.8, 4) is 0 Å². The molecular weight excluding hydrogens is 156 g/mol. The minimum absolute atomic E-state index is 0.403. The Morgan fingerprint density at radius 1 is 1.73 bits per heavy atom. The van der Waals surface area contributed by atoms with E-state index in [4.69, 9.17) is 5.73 Å². The number of hydrogen-bond donors (Lipinski definition) is 2. The quantitative estimate of drug-likeness (QED) is 0.662. The highest BCUT2D eigenvalue weighted by molar-refractivity contribution is 8.00. The lowest BCUT2D eigenvalue weighted by Crippen LogP contribution is -2.23. The average Bonchev–Trinajstić information content (AvgIpc) is 2.52. The van der Waals surface area contributed by atoms with Gasteiger partial charge in [-0.05, 0) is 19.4 Å². The van der Waals surface area contributed by atoms with Gasteiger partial charge >= 0.3 is 0 Å². The van der Waals surface area contributed by atoms with E-state index in [1.807, 2.05) is 11.8 Å². The zero-order valence-electron chi connectivity index (χ0n) is 7.18. The molecular formula is C8H18N2S. The first-order chi connectivity index (χ1) is 5.33. The van der Waals surface area contributed by atoms with Crippen LogP contribution < -0.4 is 11.1 Å². The lowest BCUT2D eigenvalue weighted by molar-refractivity contribution is 0.722. The molecule has 0 bridgehead atoms. The molecule has 2 atom stereocenters. The fourth-order valence-electron chi connectivity index (χ4n) is 1.15. The molecule has 2 unspecified atom stereocenters. The molecule has 1 aliphatic heterocycles. The van der Waals surface area contributed by atoms with Crippen LogP contribution in [0.15, 0.2) is 0 Å². The molecule has 0 saturated carbocycles. The van der Waals surface area contributed by atoms with E-state index in [2.05, 4.69) is 12.2 Å². The van der Waals surface area contributed by atoms with Gasteiger partial charge in [0.1, 0.15) is 0 Å². The molecule has 1 heterocycles. The van der Waals surface area contributed by atoms with Gasteiger partial charge in [-0.2, -0.15) is 11.8 Å². The SMILES string of the molecule is CCC(N)CSC1CCNC1. The molecule has 1 saturated heterocycles. The third kappa shape index (κ3) is 3.45. The van der Waals surface area contributed by atoms with Gasteiger partial charge in [-0.1, -0.05) is 6.92 Å². The summed E-state index contributed by atoms with van der Waals surface area (Å²) in [4.78, 5) is 0. The van der Waals surface area contributed by atoms with Crippen molar-refractivity contribution >= 4 is 11.8 Å². The van der Waals surface area contributed by atoms with E-state index in [9.17, 15) is 0 Å². The minimum Gasteiger partial charge on any atom is -0.327 e. The molecule has 11 heavy (non-hydrogen) atoms. The van der Waals surface area contributed by atoms with Gasteiger partial charge < -0.3 is 11.1 Å². The molecule has 0 aromatic carbocycles. The summed E-state index contributed by atoms with van der Waals surface area (Å²) in [6.45, 7) is 4.53. The van der Waals surface area contributed by atoms with Crippen LogP contribution in [0.1, 0.15) is 19.8 Å². The van der Waals surface area contributed by atoms with Crippen molar-refractivity contribution in [3.63, 3.8) is 0 Å². The van der Waals surface area contributed by atoms with E-state index in [0.717, 1.165) is 17.4 Å². The maximum absolute atomic E-state index is 5.81. The summed E-state index contributed by atoms with van der Waals surface area (Å²) >= 11 is 2.03. The number of nitrogens with one attached hydrogen (secondary N) is 1. The van der Waals surface area contributed by atoms with Gasteiger partial charge in [0, 0.05) is 23.6 Å². The van der Waals surface area contributed by atoms with Gasteiger partial charge in [-0.25, -0.2) is 0 Å². The molecule has 1 fully saturated rings. The van der Waals surface area contributed by atoms with Crippen LogP contribution in [0, 0.1) is 0 Å². The molecule has 0 aromatic rings. The van der Waals surface area contributed by atoms with E-state index in [1.54, 1.807) is 0 Å². The standard InChI is InChI=1S/C8H18N2S/c1-2-7(9)6-11-8-3-4-10-5-8/h7-8,10H,2-6,9H2,1H3. The average molecular weight is 174 g/mol. The maximum Gasteiger partial charge on any atom is 0.0185 e. The number of thioether (sulfide) groups is 1. The topological polar surface area (TPSA) is 38.0 Å². The molecule has 1 aliphatic rings. The lowest BCUT2D eigenvalue weighted by Gasteiger charge is -2.11. The van der Waals surface area contributed by atoms with Crippen LogP contribution in [0.5, 0.6) is 0 Å². The van der Waals surface area contributed by atoms with Crippen LogP contribution in [0.25, 0.3) is 0 Å². The summed E-state index contributed by atoms with van der Waals surface area (Å²) in [5, 5.41) is 4.18. The smallest absolute Gasteiger partial charge is 0.0185 e. The fraction of sp³-hybridized carbons (Fsp3) is 1.00. The van der Waals surface area contributed by atoms with Gasteiger partial charge in [0.15, 0.2) is 0 Å². The predicted molar refractivity (Wildman–Crippen MR) is 52.0 cm³/mol. The van der Waals surface area contributed by atoms with Crippen molar-refractivity contribution in [2.75, 3.05) is 18.8 Å². The second-order valence-electron chi connectivity index (χ2n) is 3.12. The first-order valence-corrected chi connectivity index (χ1v) is 5.45. The molecule has 2 nitrogen and oxygen atoms in total. The van der Waals surface area contributed by atoms with E-state index < -0.39 is 0 Å². The summed E-state index contributed by atoms with van der Waals surface area (Å²) in [6.07, 6.45) is 2.42. The third-order valence-electron chi connectivity index (χ3n) is 2.09. The van der Waals surface area contributed by atoms with E-state index in [0.29, 0.717) is 6.04 Å². The second-order valence-corrected chi connectivity index (χ2v) is 4.45. The molecule has 0 spiro atoms. The summed E-state index contributed by atoms with van der Waals surface area (Å²) < 4.78 is 0. The van der Waals surface area contributed by atoms with Crippen LogP contribution in [0.4, 0.5) is 0 Å². The summed E-state index contributed by atoms with van der Waals surface area (Å²) in [5.41, 5.74) is 5.81. The minimum atomic E-state index is 0.403. The fourth-order valence-corrected chi connectivity index (χ4v) is 2.42. The Morgan fingerprint density at radius 2 is 2.55 bits per heavy atom. The maximum atomic E-state index is 5.81. The van der Waals surface area contributed by atoms with Crippen molar-refractivity contribution in [1.29, 1.82) is 0 Å². The first-order valence-electron chi connectivity index (χ1n) is 4.40. The lowest BCUT2D eigenvalue weighted by atomic mass is 10.3. The number of nitrogens with two attached hydrogens (primary N) is 1. The van der Waals surface area contributed by atoms with Crippen LogP contribution >= 0.6 is 11.8 Å². The van der Waals surface area contributed by atoms with E-state index >= 15 is 0 Å². The summed E-state index contributed by atoms with van der Waals surface area (Å²) in [6, 6.07) is 0.403. The Balaban J connectivity index is 2.01. The van der Waals surface area contributed by atoms with Crippen LogP contribution in [-0.4, -0.2) is 30.1 Å². The molecule has 3 heteroatoms. The summed E-state index contributed by atoms with van der Waals surface area (Å²) in [5.74, 6) is 1.13. The highest BCUT2D eigenvalue weighted by Crippen LogP contribution is 2.17. The Bertz CT molecular complexity index is 102. The Kier molecular flexibility index (Phi) is 4.26. The van der Waals surface area contributed by atoms with Crippen molar-refractivity contribution in [3.05, 3.63) is 0 Å². The predicted octanol–water partition coefficient (Wildman–Crippen LogP) is 0.819. The molecule has 0 aromatic heterocycles. The van der Waals surface area contributed by atoms with E-state index in [-0.39, 0.29) is 0 Å².